The average Bonchev–Trinajstić information content (AvgIpc) is 3.39. The van der Waals surface area contributed by atoms with Gasteiger partial charge in [-0.15, -0.1) is 11.8 Å². The lowest BCUT2D eigenvalue weighted by Gasteiger charge is -2.37. The van der Waals surface area contributed by atoms with E-state index in [4.69, 9.17) is 11.6 Å². The Labute approximate surface area is 215 Å². The third kappa shape index (κ3) is 5.47. The van der Waals surface area contributed by atoms with Crippen LogP contribution in [-0.2, 0) is 10.5 Å². The normalized spacial score (nSPS) is 20.6. The number of nitrogens with zero attached hydrogens (tertiary/aromatic N) is 1. The Balaban J connectivity index is 1.23. The predicted octanol–water partition coefficient (Wildman–Crippen LogP) is 6.94. The van der Waals surface area contributed by atoms with Crippen LogP contribution in [0.5, 0.6) is 0 Å². The van der Waals surface area contributed by atoms with Gasteiger partial charge in [-0.25, -0.2) is 5.43 Å². The minimum atomic E-state index is -0.104. The van der Waals surface area contributed by atoms with Crippen LogP contribution in [0.2, 0.25) is 5.02 Å². The zero-order valence-electron chi connectivity index (χ0n) is 19.6. The first-order valence-corrected chi connectivity index (χ1v) is 13.4. The minimum absolute atomic E-state index is 0.104. The summed E-state index contributed by atoms with van der Waals surface area (Å²) in [6, 6.07) is 25.1. The summed E-state index contributed by atoms with van der Waals surface area (Å²) in [5, 5.41) is 8.87. The highest BCUT2D eigenvalue weighted by Crippen LogP contribution is 2.49. The van der Waals surface area contributed by atoms with E-state index in [9.17, 15) is 4.79 Å². The van der Waals surface area contributed by atoms with E-state index in [0.717, 1.165) is 34.0 Å². The number of carbonyl (C=O) groups excluding carboxylic acids is 1. The second kappa shape index (κ2) is 10.7. The molecule has 3 aromatic carbocycles. The molecular weight excluding hydrogens is 474 g/mol. The highest BCUT2D eigenvalue weighted by atomic mass is 35.5. The van der Waals surface area contributed by atoms with Crippen molar-refractivity contribution in [3.05, 3.63) is 112 Å². The number of halogens is 1. The van der Waals surface area contributed by atoms with Crippen molar-refractivity contribution in [2.45, 2.75) is 31.1 Å². The van der Waals surface area contributed by atoms with Gasteiger partial charge in [0.2, 0.25) is 5.91 Å². The maximum atomic E-state index is 12.3. The number of amides is 1. The maximum Gasteiger partial charge on any atom is 0.250 e. The summed E-state index contributed by atoms with van der Waals surface area (Å²) in [5.74, 6) is 1.87. The number of thioether (sulfide) groups is 1. The molecule has 0 aromatic heterocycles. The van der Waals surface area contributed by atoms with Crippen molar-refractivity contribution < 1.29 is 4.79 Å². The van der Waals surface area contributed by atoms with Crippen molar-refractivity contribution >= 4 is 40.7 Å². The number of fused-ring (bicyclic) bond motifs is 3. The van der Waals surface area contributed by atoms with E-state index in [1.165, 1.54) is 16.8 Å². The van der Waals surface area contributed by atoms with Gasteiger partial charge in [0.25, 0.3) is 0 Å². The third-order valence-corrected chi connectivity index (χ3v) is 7.96. The molecule has 0 spiro atoms. The molecule has 1 heterocycles. The number of hydrazone groups is 1. The molecule has 3 aromatic rings. The van der Waals surface area contributed by atoms with Crippen molar-refractivity contribution in [1.82, 2.24) is 5.43 Å². The summed E-state index contributed by atoms with van der Waals surface area (Å²) >= 11 is 7.48. The van der Waals surface area contributed by atoms with Gasteiger partial charge in [-0.3, -0.25) is 4.79 Å². The van der Waals surface area contributed by atoms with Crippen LogP contribution in [0, 0.1) is 5.92 Å². The van der Waals surface area contributed by atoms with Gasteiger partial charge in [0.15, 0.2) is 0 Å². The van der Waals surface area contributed by atoms with Gasteiger partial charge in [-0.05, 0) is 65.8 Å². The SMILES string of the molecule is C/C(=N\NC(=O)CSCc1ccc(Cl)cc1)c1ccc2c(c1)[C@@H]1C=CC[C@@H]1[C@H](c1ccccc1)N2. The van der Waals surface area contributed by atoms with E-state index in [-0.39, 0.29) is 5.91 Å². The quantitative estimate of drug-likeness (QED) is 0.209. The number of hydrogen-bond donors (Lipinski definition) is 2. The van der Waals surface area contributed by atoms with Crippen LogP contribution in [-0.4, -0.2) is 17.4 Å². The van der Waals surface area contributed by atoms with E-state index >= 15 is 0 Å². The summed E-state index contributed by atoms with van der Waals surface area (Å²) in [5.41, 5.74) is 9.47. The molecular formula is C29H28ClN3OS. The van der Waals surface area contributed by atoms with Crippen molar-refractivity contribution in [1.29, 1.82) is 0 Å². The van der Waals surface area contributed by atoms with Crippen LogP contribution in [0.4, 0.5) is 5.69 Å². The number of nitrogens with one attached hydrogen (secondary N) is 2. The highest BCUT2D eigenvalue weighted by Gasteiger charge is 2.37. The molecule has 178 valence electrons. The summed E-state index contributed by atoms with van der Waals surface area (Å²) in [6.07, 6.45) is 5.71. The van der Waals surface area contributed by atoms with Gasteiger partial charge >= 0.3 is 0 Å². The fourth-order valence-corrected chi connectivity index (χ4v) is 5.80. The standard InChI is InChI=1S/C29H28ClN3OS/c1-19(32-33-28(34)18-35-17-20-10-13-23(30)14-11-20)22-12-15-27-26(16-22)24-8-5-9-25(24)29(31-27)21-6-3-2-4-7-21/h2-8,10-16,24-25,29,31H,9,17-18H2,1H3,(H,33,34)/b32-19+/t24-,25+,29+/m1/s1. The number of carbonyl (C=O) groups is 1. The van der Waals surface area contributed by atoms with Crippen LogP contribution < -0.4 is 10.7 Å². The summed E-state index contributed by atoms with van der Waals surface area (Å²) in [4.78, 5) is 12.3. The first-order valence-electron chi connectivity index (χ1n) is 11.9. The lowest BCUT2D eigenvalue weighted by Crippen LogP contribution is -2.29. The summed E-state index contributed by atoms with van der Waals surface area (Å²) < 4.78 is 0. The molecule has 2 N–H and O–H groups in total. The molecule has 0 saturated carbocycles. The number of allylic oxidation sites excluding steroid dienone is 2. The molecule has 3 atom stereocenters. The number of benzene rings is 3. The molecule has 1 aliphatic heterocycles. The molecule has 35 heavy (non-hydrogen) atoms. The van der Waals surface area contributed by atoms with Crippen LogP contribution >= 0.6 is 23.4 Å². The molecule has 0 fully saturated rings. The highest BCUT2D eigenvalue weighted by molar-refractivity contribution is 7.99. The number of anilines is 1. The molecule has 5 rings (SSSR count). The summed E-state index contributed by atoms with van der Waals surface area (Å²) in [7, 11) is 0. The van der Waals surface area contributed by atoms with Gasteiger partial charge in [-0.2, -0.15) is 5.10 Å². The molecule has 0 bridgehead atoms. The molecule has 0 unspecified atom stereocenters. The minimum Gasteiger partial charge on any atom is -0.378 e. The Morgan fingerprint density at radius 2 is 1.91 bits per heavy atom. The molecule has 6 heteroatoms. The van der Waals surface area contributed by atoms with E-state index in [1.807, 2.05) is 31.2 Å². The number of hydrogen-bond acceptors (Lipinski definition) is 4. The second-order valence-corrected chi connectivity index (χ2v) is 10.5. The Kier molecular flexibility index (Phi) is 7.26. The number of rotatable bonds is 7. The third-order valence-electron chi connectivity index (χ3n) is 6.70. The first-order chi connectivity index (χ1) is 17.1. The average molecular weight is 502 g/mol. The van der Waals surface area contributed by atoms with Crippen LogP contribution in [0.15, 0.2) is 90.0 Å². The van der Waals surface area contributed by atoms with Crippen LogP contribution in [0.1, 0.15) is 47.6 Å². The zero-order valence-corrected chi connectivity index (χ0v) is 21.2. The van der Waals surface area contributed by atoms with E-state index in [0.29, 0.717) is 23.6 Å². The Bertz CT molecular complexity index is 1260. The first kappa shape index (κ1) is 23.7. The van der Waals surface area contributed by atoms with Gasteiger partial charge in [0.1, 0.15) is 0 Å². The fourth-order valence-electron chi connectivity index (χ4n) is 4.90. The Hall–Kier alpha value is -3.02. The topological polar surface area (TPSA) is 53.5 Å². The smallest absolute Gasteiger partial charge is 0.250 e. The molecule has 1 amide bonds. The van der Waals surface area contributed by atoms with Crippen molar-refractivity contribution in [3.8, 4) is 0 Å². The largest absolute Gasteiger partial charge is 0.378 e. The van der Waals surface area contributed by atoms with E-state index in [2.05, 4.69) is 76.5 Å². The molecule has 2 aliphatic rings. The lowest BCUT2D eigenvalue weighted by atomic mass is 9.76. The summed E-state index contributed by atoms with van der Waals surface area (Å²) in [6.45, 7) is 1.94. The fraction of sp³-hybridized carbons (Fsp3) is 0.241. The van der Waals surface area contributed by atoms with Crippen molar-refractivity contribution in [2.75, 3.05) is 11.1 Å². The van der Waals surface area contributed by atoms with Gasteiger partial charge in [0, 0.05) is 22.4 Å². The van der Waals surface area contributed by atoms with Crippen LogP contribution in [0.3, 0.4) is 0 Å². The zero-order chi connectivity index (χ0) is 24.2. The van der Waals surface area contributed by atoms with E-state index < -0.39 is 0 Å². The molecule has 0 radical (unpaired) electrons. The Morgan fingerprint density at radius 3 is 2.71 bits per heavy atom. The van der Waals surface area contributed by atoms with Crippen LogP contribution in [0.25, 0.3) is 0 Å². The van der Waals surface area contributed by atoms with Crippen molar-refractivity contribution in [3.63, 3.8) is 0 Å². The van der Waals surface area contributed by atoms with Gasteiger partial charge in [0.05, 0.1) is 17.5 Å². The maximum absolute atomic E-state index is 12.3. The predicted molar refractivity (Wildman–Crippen MR) is 147 cm³/mol. The molecule has 0 saturated heterocycles. The lowest BCUT2D eigenvalue weighted by molar-refractivity contribution is -0.118. The van der Waals surface area contributed by atoms with Crippen molar-refractivity contribution in [2.24, 2.45) is 11.0 Å². The van der Waals surface area contributed by atoms with Gasteiger partial charge < -0.3 is 5.32 Å². The monoisotopic (exact) mass is 501 g/mol. The second-order valence-electron chi connectivity index (χ2n) is 9.04. The molecule has 1 aliphatic carbocycles. The van der Waals surface area contributed by atoms with Gasteiger partial charge in [-0.1, -0.05) is 72.3 Å². The molecule has 4 nitrogen and oxygen atoms in total. The Morgan fingerprint density at radius 1 is 1.11 bits per heavy atom. The van der Waals surface area contributed by atoms with E-state index in [1.54, 1.807) is 11.8 Å².